The highest BCUT2D eigenvalue weighted by Gasteiger charge is 2.14. The molecule has 0 radical (unpaired) electrons. The third-order valence-electron chi connectivity index (χ3n) is 4.32. The first-order valence-corrected chi connectivity index (χ1v) is 8.22. The highest BCUT2D eigenvalue weighted by atomic mass is 35.5. The van der Waals surface area contributed by atoms with Gasteiger partial charge in [0.05, 0.1) is 5.69 Å². The summed E-state index contributed by atoms with van der Waals surface area (Å²) in [4.78, 5) is 16.0. The standard InChI is InChI=1S/C17H23N5O.ClH/c23-17(5-4-14-6-8-18-9-7-14)20-11-15-2-1-3-16(10-15)22-13-19-12-21-22;/h1-3,10,12-14,18H,4-9,11H2,(H,20,23);1H. The summed E-state index contributed by atoms with van der Waals surface area (Å²) < 4.78 is 1.71. The highest BCUT2D eigenvalue weighted by molar-refractivity contribution is 5.85. The molecule has 1 aromatic carbocycles. The number of hydrogen-bond donors (Lipinski definition) is 2. The number of hydrogen-bond acceptors (Lipinski definition) is 4. The maximum Gasteiger partial charge on any atom is 0.220 e. The van der Waals surface area contributed by atoms with Gasteiger partial charge in [-0.25, -0.2) is 9.67 Å². The van der Waals surface area contributed by atoms with Gasteiger partial charge in [-0.05, 0) is 56.0 Å². The lowest BCUT2D eigenvalue weighted by Gasteiger charge is -2.22. The molecule has 1 fully saturated rings. The molecule has 2 heterocycles. The van der Waals surface area contributed by atoms with Crippen molar-refractivity contribution in [2.75, 3.05) is 13.1 Å². The second-order valence-electron chi connectivity index (χ2n) is 6.02. The van der Waals surface area contributed by atoms with E-state index in [1.807, 2.05) is 24.3 Å². The van der Waals surface area contributed by atoms with Gasteiger partial charge in [0, 0.05) is 13.0 Å². The van der Waals surface area contributed by atoms with Crippen molar-refractivity contribution < 1.29 is 4.79 Å². The summed E-state index contributed by atoms with van der Waals surface area (Å²) in [6.07, 6.45) is 7.16. The van der Waals surface area contributed by atoms with E-state index >= 15 is 0 Å². The molecule has 130 valence electrons. The van der Waals surface area contributed by atoms with E-state index in [4.69, 9.17) is 0 Å². The molecule has 2 N–H and O–H groups in total. The van der Waals surface area contributed by atoms with Crippen molar-refractivity contribution in [3.63, 3.8) is 0 Å². The van der Waals surface area contributed by atoms with Crippen LogP contribution in [0.25, 0.3) is 5.69 Å². The predicted molar refractivity (Wildman–Crippen MR) is 95.3 cm³/mol. The van der Waals surface area contributed by atoms with Crippen LogP contribution >= 0.6 is 12.4 Å². The van der Waals surface area contributed by atoms with Crippen molar-refractivity contribution >= 4 is 18.3 Å². The molecule has 1 saturated heterocycles. The molecule has 0 bridgehead atoms. The van der Waals surface area contributed by atoms with Crippen LogP contribution < -0.4 is 10.6 Å². The van der Waals surface area contributed by atoms with Gasteiger partial charge in [0.25, 0.3) is 0 Å². The molecular formula is C17H24ClN5O. The molecule has 2 aromatic rings. The minimum Gasteiger partial charge on any atom is -0.352 e. The summed E-state index contributed by atoms with van der Waals surface area (Å²) in [5, 5.41) is 10.5. The lowest BCUT2D eigenvalue weighted by molar-refractivity contribution is -0.121. The van der Waals surface area contributed by atoms with Crippen molar-refractivity contribution in [1.29, 1.82) is 0 Å². The molecule has 3 rings (SSSR count). The van der Waals surface area contributed by atoms with E-state index in [1.165, 1.54) is 19.2 Å². The summed E-state index contributed by atoms with van der Waals surface area (Å²) in [6, 6.07) is 7.96. The number of carbonyl (C=O) groups excluding carboxylic acids is 1. The Morgan fingerprint density at radius 1 is 1.33 bits per heavy atom. The largest absolute Gasteiger partial charge is 0.352 e. The van der Waals surface area contributed by atoms with Gasteiger partial charge in [-0.15, -0.1) is 12.4 Å². The molecule has 1 amide bonds. The number of nitrogens with zero attached hydrogens (tertiary/aromatic N) is 3. The molecule has 0 spiro atoms. The summed E-state index contributed by atoms with van der Waals surface area (Å²) in [5.74, 6) is 0.826. The van der Waals surface area contributed by atoms with Crippen LogP contribution in [0, 0.1) is 5.92 Å². The highest BCUT2D eigenvalue weighted by Crippen LogP contribution is 2.17. The Morgan fingerprint density at radius 3 is 2.92 bits per heavy atom. The zero-order chi connectivity index (χ0) is 15.9. The monoisotopic (exact) mass is 349 g/mol. The van der Waals surface area contributed by atoms with Crippen LogP contribution in [0.1, 0.15) is 31.2 Å². The van der Waals surface area contributed by atoms with Crippen LogP contribution in [0.3, 0.4) is 0 Å². The molecule has 1 aliphatic rings. The molecule has 0 aliphatic carbocycles. The van der Waals surface area contributed by atoms with Crippen molar-refractivity contribution in [3.05, 3.63) is 42.5 Å². The summed E-state index contributed by atoms with van der Waals surface area (Å²) in [5.41, 5.74) is 2.01. The Balaban J connectivity index is 0.00000208. The number of aromatic nitrogens is 3. The van der Waals surface area contributed by atoms with Crippen molar-refractivity contribution in [2.45, 2.75) is 32.2 Å². The third-order valence-corrected chi connectivity index (χ3v) is 4.32. The molecule has 6 nitrogen and oxygen atoms in total. The molecule has 1 aliphatic heterocycles. The zero-order valence-electron chi connectivity index (χ0n) is 13.6. The van der Waals surface area contributed by atoms with E-state index in [2.05, 4.69) is 20.7 Å². The quantitative estimate of drug-likeness (QED) is 0.837. The van der Waals surface area contributed by atoms with Crippen molar-refractivity contribution in [3.8, 4) is 5.69 Å². The van der Waals surface area contributed by atoms with Crippen LogP contribution in [0.5, 0.6) is 0 Å². The van der Waals surface area contributed by atoms with Gasteiger partial charge in [0.2, 0.25) is 5.91 Å². The minimum atomic E-state index is 0. The number of piperidine rings is 1. The first-order valence-electron chi connectivity index (χ1n) is 8.22. The van der Waals surface area contributed by atoms with Gasteiger partial charge < -0.3 is 10.6 Å². The maximum absolute atomic E-state index is 12.0. The molecule has 0 saturated carbocycles. The van der Waals surface area contributed by atoms with Gasteiger partial charge >= 0.3 is 0 Å². The average molecular weight is 350 g/mol. The second kappa shape index (κ2) is 9.39. The molecule has 1 aromatic heterocycles. The fourth-order valence-electron chi connectivity index (χ4n) is 2.95. The first kappa shape index (κ1) is 18.4. The van der Waals surface area contributed by atoms with Crippen LogP contribution in [-0.2, 0) is 11.3 Å². The number of benzene rings is 1. The predicted octanol–water partition coefficient (Wildman–Crippen LogP) is 2.09. The van der Waals surface area contributed by atoms with E-state index in [1.54, 1.807) is 11.0 Å². The molecular weight excluding hydrogens is 326 g/mol. The Hall–Kier alpha value is -1.92. The van der Waals surface area contributed by atoms with Crippen LogP contribution in [0.4, 0.5) is 0 Å². The number of nitrogens with one attached hydrogen (secondary N) is 2. The summed E-state index contributed by atoms with van der Waals surface area (Å²) in [7, 11) is 0. The van der Waals surface area contributed by atoms with E-state index in [0.29, 0.717) is 18.9 Å². The topological polar surface area (TPSA) is 71.8 Å². The fraction of sp³-hybridized carbons (Fsp3) is 0.471. The number of amides is 1. The smallest absolute Gasteiger partial charge is 0.220 e. The average Bonchev–Trinajstić information content (AvgIpc) is 3.14. The maximum atomic E-state index is 12.0. The van der Waals surface area contributed by atoms with E-state index < -0.39 is 0 Å². The van der Waals surface area contributed by atoms with Crippen LogP contribution in [0.15, 0.2) is 36.9 Å². The fourth-order valence-corrected chi connectivity index (χ4v) is 2.95. The SMILES string of the molecule is Cl.O=C(CCC1CCNCC1)NCc1cccc(-n2cncn2)c1. The molecule has 0 atom stereocenters. The summed E-state index contributed by atoms with van der Waals surface area (Å²) in [6.45, 7) is 2.72. The third kappa shape index (κ3) is 5.32. The summed E-state index contributed by atoms with van der Waals surface area (Å²) >= 11 is 0. The van der Waals surface area contributed by atoms with Crippen molar-refractivity contribution in [2.24, 2.45) is 5.92 Å². The molecule has 24 heavy (non-hydrogen) atoms. The lowest BCUT2D eigenvalue weighted by atomic mass is 9.93. The number of rotatable bonds is 6. The van der Waals surface area contributed by atoms with Gasteiger partial charge in [0.15, 0.2) is 0 Å². The van der Waals surface area contributed by atoms with Gasteiger partial charge in [-0.2, -0.15) is 5.10 Å². The van der Waals surface area contributed by atoms with Crippen LogP contribution in [0.2, 0.25) is 0 Å². The van der Waals surface area contributed by atoms with E-state index in [0.717, 1.165) is 30.8 Å². The molecule has 7 heteroatoms. The Bertz CT molecular complexity index is 626. The Labute approximate surface area is 148 Å². The second-order valence-corrected chi connectivity index (χ2v) is 6.02. The van der Waals surface area contributed by atoms with Crippen LogP contribution in [-0.4, -0.2) is 33.8 Å². The Kier molecular flexibility index (Phi) is 7.21. The number of halogens is 1. The minimum absolute atomic E-state index is 0. The Morgan fingerprint density at radius 2 is 2.17 bits per heavy atom. The van der Waals surface area contributed by atoms with Gasteiger partial charge in [-0.3, -0.25) is 4.79 Å². The van der Waals surface area contributed by atoms with Gasteiger partial charge in [0.1, 0.15) is 12.7 Å². The zero-order valence-corrected chi connectivity index (χ0v) is 14.5. The van der Waals surface area contributed by atoms with Gasteiger partial charge in [-0.1, -0.05) is 12.1 Å². The first-order chi connectivity index (χ1) is 11.3. The van der Waals surface area contributed by atoms with E-state index in [9.17, 15) is 4.79 Å². The number of carbonyl (C=O) groups is 1. The van der Waals surface area contributed by atoms with Crippen molar-refractivity contribution in [1.82, 2.24) is 25.4 Å². The molecule has 0 unspecified atom stereocenters. The lowest BCUT2D eigenvalue weighted by Crippen LogP contribution is -2.29. The van der Waals surface area contributed by atoms with E-state index in [-0.39, 0.29) is 18.3 Å². The normalized spacial score (nSPS) is 14.8.